The van der Waals surface area contributed by atoms with Crippen LogP contribution in [-0.2, 0) is 19.1 Å². The van der Waals surface area contributed by atoms with Crippen molar-refractivity contribution < 1.29 is 19.1 Å². The number of amides is 1. The van der Waals surface area contributed by atoms with Gasteiger partial charge in [0.25, 0.3) is 0 Å². The van der Waals surface area contributed by atoms with Crippen LogP contribution in [0.15, 0.2) is 0 Å². The molecule has 92 valence electrons. The fourth-order valence-electron chi connectivity index (χ4n) is 1.22. The highest BCUT2D eigenvalue weighted by molar-refractivity contribution is 5.97. The summed E-state index contributed by atoms with van der Waals surface area (Å²) < 4.78 is 4.76. The lowest BCUT2D eigenvalue weighted by Gasteiger charge is -2.25. The Labute approximate surface area is 95.7 Å². The molecule has 0 bridgehead atoms. The molecule has 1 amide bonds. The molecule has 0 aliphatic carbocycles. The first-order valence-corrected chi connectivity index (χ1v) is 5.33. The fourth-order valence-corrected chi connectivity index (χ4v) is 1.22. The number of rotatable bonds is 6. The van der Waals surface area contributed by atoms with Crippen molar-refractivity contribution in [3.63, 3.8) is 0 Å². The number of hydrogen-bond donors (Lipinski definition) is 0. The Morgan fingerprint density at radius 2 is 1.81 bits per heavy atom. The van der Waals surface area contributed by atoms with Crippen LogP contribution in [0.5, 0.6) is 0 Å². The van der Waals surface area contributed by atoms with E-state index in [1.807, 2.05) is 0 Å². The lowest BCUT2D eigenvalue weighted by molar-refractivity contribution is -0.150. The average molecular weight is 229 g/mol. The summed E-state index contributed by atoms with van der Waals surface area (Å²) in [4.78, 5) is 35.1. The quantitative estimate of drug-likeness (QED) is 0.498. The summed E-state index contributed by atoms with van der Waals surface area (Å²) in [6.45, 7) is 6.81. The van der Waals surface area contributed by atoms with E-state index in [4.69, 9.17) is 4.74 Å². The third-order valence-corrected chi connectivity index (χ3v) is 1.95. The number of ether oxygens (including phenoxy) is 1. The summed E-state index contributed by atoms with van der Waals surface area (Å²) in [6.07, 6.45) is -0.169. The molecule has 0 spiro atoms. The Morgan fingerprint density at radius 3 is 2.19 bits per heavy atom. The van der Waals surface area contributed by atoms with Crippen LogP contribution in [0.1, 0.15) is 34.1 Å². The van der Waals surface area contributed by atoms with E-state index in [2.05, 4.69) is 0 Å². The van der Waals surface area contributed by atoms with Crippen molar-refractivity contribution in [3.05, 3.63) is 0 Å². The highest BCUT2D eigenvalue weighted by Crippen LogP contribution is 2.03. The van der Waals surface area contributed by atoms with Gasteiger partial charge in [0.1, 0.15) is 12.3 Å². The van der Waals surface area contributed by atoms with Gasteiger partial charge in [-0.3, -0.25) is 14.4 Å². The van der Waals surface area contributed by atoms with Gasteiger partial charge in [0.2, 0.25) is 5.91 Å². The van der Waals surface area contributed by atoms with Crippen molar-refractivity contribution in [2.24, 2.45) is 0 Å². The fraction of sp³-hybridized carbons (Fsp3) is 0.727. The molecular formula is C11H19NO4. The molecule has 16 heavy (non-hydrogen) atoms. The molecule has 0 aromatic carbocycles. The van der Waals surface area contributed by atoms with Crippen LogP contribution in [0.3, 0.4) is 0 Å². The van der Waals surface area contributed by atoms with Gasteiger partial charge in [0.15, 0.2) is 0 Å². The van der Waals surface area contributed by atoms with Gasteiger partial charge >= 0.3 is 5.97 Å². The highest BCUT2D eigenvalue weighted by Gasteiger charge is 2.21. The van der Waals surface area contributed by atoms with Crippen molar-refractivity contribution in [1.29, 1.82) is 0 Å². The van der Waals surface area contributed by atoms with E-state index in [1.165, 1.54) is 11.8 Å². The van der Waals surface area contributed by atoms with Crippen molar-refractivity contribution >= 4 is 17.7 Å². The van der Waals surface area contributed by atoms with Gasteiger partial charge in [-0.25, -0.2) is 0 Å². The third-order valence-electron chi connectivity index (χ3n) is 1.95. The molecule has 0 saturated heterocycles. The van der Waals surface area contributed by atoms with Gasteiger partial charge in [-0.1, -0.05) is 0 Å². The van der Waals surface area contributed by atoms with Gasteiger partial charge in [-0.05, 0) is 27.7 Å². The Kier molecular flexibility index (Phi) is 6.37. The van der Waals surface area contributed by atoms with Crippen molar-refractivity contribution in [3.8, 4) is 0 Å². The molecule has 0 unspecified atom stereocenters. The molecule has 0 N–H and O–H groups in total. The Morgan fingerprint density at radius 1 is 1.25 bits per heavy atom. The maximum absolute atomic E-state index is 11.6. The van der Waals surface area contributed by atoms with E-state index < -0.39 is 5.97 Å². The third kappa shape index (κ3) is 5.48. The summed E-state index contributed by atoms with van der Waals surface area (Å²) in [5.41, 5.74) is 0. The maximum Gasteiger partial charge on any atom is 0.325 e. The molecule has 5 nitrogen and oxygen atoms in total. The average Bonchev–Trinajstić information content (AvgIpc) is 2.12. The summed E-state index contributed by atoms with van der Waals surface area (Å²) in [6, 6.07) is -0.128. The van der Waals surface area contributed by atoms with Gasteiger partial charge in [-0.15, -0.1) is 0 Å². The molecule has 0 aromatic heterocycles. The minimum Gasteiger partial charge on any atom is -0.465 e. The summed E-state index contributed by atoms with van der Waals surface area (Å²) in [7, 11) is 0. The number of ketones is 1. The molecule has 5 heteroatoms. The van der Waals surface area contributed by atoms with Gasteiger partial charge in [0, 0.05) is 6.04 Å². The van der Waals surface area contributed by atoms with E-state index in [1.54, 1.807) is 20.8 Å². The van der Waals surface area contributed by atoms with Crippen LogP contribution in [0.25, 0.3) is 0 Å². The molecule has 0 aliphatic rings. The largest absolute Gasteiger partial charge is 0.465 e. The summed E-state index contributed by atoms with van der Waals surface area (Å²) >= 11 is 0. The standard InChI is InChI=1S/C11H19NO4/c1-5-16-11(15)7-12(8(2)3)10(14)6-9(4)13/h8H,5-7H2,1-4H3. The zero-order valence-electron chi connectivity index (χ0n) is 10.3. The van der Waals surface area contributed by atoms with Crippen LogP contribution in [0, 0.1) is 0 Å². The van der Waals surface area contributed by atoms with E-state index in [-0.39, 0.29) is 37.3 Å². The van der Waals surface area contributed by atoms with Crippen molar-refractivity contribution in [2.75, 3.05) is 13.2 Å². The number of Topliss-reactive ketones (excluding diaryl/α,β-unsaturated/α-hetero) is 1. The van der Waals surface area contributed by atoms with Gasteiger partial charge in [0.05, 0.1) is 13.0 Å². The molecule has 0 saturated carbocycles. The van der Waals surface area contributed by atoms with E-state index in [0.717, 1.165) is 0 Å². The van der Waals surface area contributed by atoms with Crippen LogP contribution >= 0.6 is 0 Å². The number of carbonyl (C=O) groups excluding carboxylic acids is 3. The number of esters is 1. The van der Waals surface area contributed by atoms with Gasteiger partial charge < -0.3 is 9.64 Å². The zero-order chi connectivity index (χ0) is 12.7. The van der Waals surface area contributed by atoms with Crippen LogP contribution in [0.4, 0.5) is 0 Å². The molecule has 0 rings (SSSR count). The molecule has 0 fully saturated rings. The molecule has 0 atom stereocenters. The number of carbonyl (C=O) groups is 3. The van der Waals surface area contributed by atoms with E-state index in [9.17, 15) is 14.4 Å². The topological polar surface area (TPSA) is 63.7 Å². The van der Waals surface area contributed by atoms with Crippen LogP contribution < -0.4 is 0 Å². The lowest BCUT2D eigenvalue weighted by atomic mass is 10.2. The zero-order valence-corrected chi connectivity index (χ0v) is 10.3. The smallest absolute Gasteiger partial charge is 0.325 e. The maximum atomic E-state index is 11.6. The first kappa shape index (κ1) is 14.6. The minimum absolute atomic E-state index is 0.0996. The van der Waals surface area contributed by atoms with Crippen molar-refractivity contribution in [1.82, 2.24) is 4.90 Å². The number of hydrogen-bond acceptors (Lipinski definition) is 4. The molecular weight excluding hydrogens is 210 g/mol. The van der Waals surface area contributed by atoms with Gasteiger partial charge in [-0.2, -0.15) is 0 Å². The Hall–Kier alpha value is -1.39. The van der Waals surface area contributed by atoms with Crippen LogP contribution in [0.2, 0.25) is 0 Å². The first-order valence-electron chi connectivity index (χ1n) is 5.33. The monoisotopic (exact) mass is 229 g/mol. The molecule has 0 heterocycles. The SMILES string of the molecule is CCOC(=O)CN(C(=O)CC(C)=O)C(C)C. The normalized spacial score (nSPS) is 10.1. The summed E-state index contributed by atoms with van der Waals surface area (Å²) in [5.74, 6) is -0.997. The molecule has 0 aromatic rings. The number of nitrogens with zero attached hydrogens (tertiary/aromatic N) is 1. The van der Waals surface area contributed by atoms with E-state index >= 15 is 0 Å². The highest BCUT2D eigenvalue weighted by atomic mass is 16.5. The first-order chi connectivity index (χ1) is 7.38. The summed E-state index contributed by atoms with van der Waals surface area (Å²) in [5, 5.41) is 0. The second-order valence-corrected chi connectivity index (χ2v) is 3.80. The van der Waals surface area contributed by atoms with Crippen LogP contribution in [-0.4, -0.2) is 41.8 Å². The lowest BCUT2D eigenvalue weighted by Crippen LogP contribution is -2.41. The molecule has 0 aliphatic heterocycles. The van der Waals surface area contributed by atoms with Crippen molar-refractivity contribution in [2.45, 2.75) is 40.2 Å². The second kappa shape index (κ2) is 6.98. The predicted octanol–water partition coefficient (Wildman–Crippen LogP) is 0.766. The van der Waals surface area contributed by atoms with E-state index in [0.29, 0.717) is 0 Å². The molecule has 0 radical (unpaired) electrons. The second-order valence-electron chi connectivity index (χ2n) is 3.80. The Bertz CT molecular complexity index is 273. The minimum atomic E-state index is -0.451. The Balaban J connectivity index is 4.43. The predicted molar refractivity (Wildman–Crippen MR) is 58.8 cm³/mol.